The second-order valence-electron chi connectivity index (χ2n) is 3.18. The minimum absolute atomic E-state index is 0.310. The number of aromatic amines is 1. The maximum atomic E-state index is 6.04. The molecule has 0 amide bonds. The van der Waals surface area contributed by atoms with E-state index in [9.17, 15) is 0 Å². The maximum absolute atomic E-state index is 6.04. The van der Waals surface area contributed by atoms with E-state index in [1.54, 1.807) is 30.6 Å². The molecule has 0 bridgehead atoms. The standard InChI is InChI=1S/C10H9Cl2N3/c11-7-1-2-9(12)8(3-7)10(13)6-4-14-15-5-6/h1-5,10H,13H2,(H,14,15). The van der Waals surface area contributed by atoms with Gasteiger partial charge in [-0.2, -0.15) is 5.10 Å². The average molecular weight is 242 g/mol. The molecule has 0 aliphatic rings. The first-order chi connectivity index (χ1) is 7.18. The molecule has 0 radical (unpaired) electrons. The van der Waals surface area contributed by atoms with E-state index in [4.69, 9.17) is 28.9 Å². The number of hydrogen-bond donors (Lipinski definition) is 2. The van der Waals surface area contributed by atoms with Crippen molar-refractivity contribution in [3.05, 3.63) is 51.8 Å². The van der Waals surface area contributed by atoms with Crippen molar-refractivity contribution in [1.29, 1.82) is 0 Å². The fourth-order valence-electron chi connectivity index (χ4n) is 1.36. The summed E-state index contributed by atoms with van der Waals surface area (Å²) in [4.78, 5) is 0. The number of nitrogens with one attached hydrogen (secondary N) is 1. The molecule has 15 heavy (non-hydrogen) atoms. The lowest BCUT2D eigenvalue weighted by Crippen LogP contribution is -2.11. The summed E-state index contributed by atoms with van der Waals surface area (Å²) in [6.45, 7) is 0. The highest BCUT2D eigenvalue weighted by molar-refractivity contribution is 6.33. The third-order valence-electron chi connectivity index (χ3n) is 2.17. The van der Waals surface area contributed by atoms with E-state index in [0.29, 0.717) is 10.0 Å². The molecule has 0 saturated carbocycles. The van der Waals surface area contributed by atoms with Gasteiger partial charge in [0.2, 0.25) is 0 Å². The van der Waals surface area contributed by atoms with Crippen LogP contribution in [0.4, 0.5) is 0 Å². The zero-order valence-corrected chi connectivity index (χ0v) is 9.26. The summed E-state index contributed by atoms with van der Waals surface area (Å²) in [5, 5.41) is 7.77. The minimum Gasteiger partial charge on any atom is -0.320 e. The molecular weight excluding hydrogens is 233 g/mol. The van der Waals surface area contributed by atoms with Crippen molar-refractivity contribution in [2.24, 2.45) is 5.73 Å². The number of aromatic nitrogens is 2. The van der Waals surface area contributed by atoms with E-state index < -0.39 is 0 Å². The van der Waals surface area contributed by atoms with Crippen molar-refractivity contribution in [1.82, 2.24) is 10.2 Å². The van der Waals surface area contributed by atoms with Crippen LogP contribution in [0.2, 0.25) is 10.0 Å². The molecule has 0 spiro atoms. The highest BCUT2D eigenvalue weighted by Crippen LogP contribution is 2.28. The normalized spacial score (nSPS) is 12.7. The minimum atomic E-state index is -0.310. The Balaban J connectivity index is 2.41. The molecule has 0 saturated heterocycles. The summed E-state index contributed by atoms with van der Waals surface area (Å²) < 4.78 is 0. The SMILES string of the molecule is NC(c1cn[nH]c1)c1cc(Cl)ccc1Cl. The van der Waals surface area contributed by atoms with Crippen molar-refractivity contribution in [2.75, 3.05) is 0 Å². The Bertz CT molecular complexity index is 454. The molecule has 0 aliphatic carbocycles. The molecule has 5 heteroatoms. The Hall–Kier alpha value is -1.03. The van der Waals surface area contributed by atoms with Crippen molar-refractivity contribution in [2.45, 2.75) is 6.04 Å². The van der Waals surface area contributed by atoms with Gasteiger partial charge in [0.25, 0.3) is 0 Å². The van der Waals surface area contributed by atoms with Crippen LogP contribution in [-0.4, -0.2) is 10.2 Å². The third-order valence-corrected chi connectivity index (χ3v) is 2.75. The van der Waals surface area contributed by atoms with E-state index in [-0.39, 0.29) is 6.04 Å². The Kier molecular flexibility index (Phi) is 2.95. The summed E-state index contributed by atoms with van der Waals surface area (Å²) >= 11 is 11.9. The molecule has 3 N–H and O–H groups in total. The molecule has 0 fully saturated rings. The van der Waals surface area contributed by atoms with E-state index in [0.717, 1.165) is 11.1 Å². The van der Waals surface area contributed by atoms with E-state index in [1.165, 1.54) is 0 Å². The van der Waals surface area contributed by atoms with E-state index in [2.05, 4.69) is 10.2 Å². The van der Waals surface area contributed by atoms with Gasteiger partial charge in [-0.3, -0.25) is 5.10 Å². The Morgan fingerprint density at radius 1 is 1.33 bits per heavy atom. The van der Waals surface area contributed by atoms with Gasteiger partial charge in [0.1, 0.15) is 0 Å². The number of nitrogens with zero attached hydrogens (tertiary/aromatic N) is 1. The quantitative estimate of drug-likeness (QED) is 0.850. The zero-order chi connectivity index (χ0) is 10.8. The molecule has 1 atom stereocenters. The molecule has 2 rings (SSSR count). The zero-order valence-electron chi connectivity index (χ0n) is 7.74. The highest BCUT2D eigenvalue weighted by Gasteiger charge is 2.13. The molecule has 1 heterocycles. The number of halogens is 2. The third kappa shape index (κ3) is 2.15. The maximum Gasteiger partial charge on any atom is 0.0598 e. The van der Waals surface area contributed by atoms with Crippen LogP contribution in [0.15, 0.2) is 30.6 Å². The number of rotatable bonds is 2. The second-order valence-corrected chi connectivity index (χ2v) is 4.02. The van der Waals surface area contributed by atoms with Gasteiger partial charge in [0.05, 0.1) is 12.2 Å². The highest BCUT2D eigenvalue weighted by atomic mass is 35.5. The van der Waals surface area contributed by atoms with Gasteiger partial charge in [-0.15, -0.1) is 0 Å². The van der Waals surface area contributed by atoms with Crippen LogP contribution >= 0.6 is 23.2 Å². The topological polar surface area (TPSA) is 54.7 Å². The predicted octanol–water partition coefficient (Wildman–Crippen LogP) is 2.76. The smallest absolute Gasteiger partial charge is 0.0598 e. The van der Waals surface area contributed by atoms with Crippen LogP contribution in [0.3, 0.4) is 0 Å². The lowest BCUT2D eigenvalue weighted by molar-refractivity contribution is 0.873. The monoisotopic (exact) mass is 241 g/mol. The van der Waals surface area contributed by atoms with Gasteiger partial charge in [0, 0.05) is 21.8 Å². The molecule has 3 nitrogen and oxygen atoms in total. The number of benzene rings is 1. The van der Waals surface area contributed by atoms with Crippen molar-refractivity contribution in [3.63, 3.8) is 0 Å². The molecule has 1 aromatic carbocycles. The molecule has 2 aromatic rings. The average Bonchev–Trinajstić information content (AvgIpc) is 2.74. The first kappa shape index (κ1) is 10.5. The number of nitrogens with two attached hydrogens (primary N) is 1. The largest absolute Gasteiger partial charge is 0.320 e. The van der Waals surface area contributed by atoms with Crippen LogP contribution in [-0.2, 0) is 0 Å². The first-order valence-corrected chi connectivity index (χ1v) is 5.13. The predicted molar refractivity (Wildman–Crippen MR) is 61.1 cm³/mol. The number of hydrogen-bond acceptors (Lipinski definition) is 2. The van der Waals surface area contributed by atoms with Gasteiger partial charge in [-0.05, 0) is 23.8 Å². The number of H-pyrrole nitrogens is 1. The Labute approximate surface area is 97.2 Å². The fraction of sp³-hybridized carbons (Fsp3) is 0.100. The summed E-state index contributed by atoms with van der Waals surface area (Å²) in [5.41, 5.74) is 7.70. The van der Waals surface area contributed by atoms with Crippen LogP contribution < -0.4 is 5.73 Å². The fourth-order valence-corrected chi connectivity index (χ4v) is 1.78. The lowest BCUT2D eigenvalue weighted by Gasteiger charge is -2.11. The second kappa shape index (κ2) is 4.23. The molecule has 1 unspecified atom stereocenters. The Morgan fingerprint density at radius 2 is 2.13 bits per heavy atom. The molecule has 1 aromatic heterocycles. The van der Waals surface area contributed by atoms with Crippen LogP contribution in [0.25, 0.3) is 0 Å². The van der Waals surface area contributed by atoms with Crippen molar-refractivity contribution >= 4 is 23.2 Å². The van der Waals surface area contributed by atoms with Gasteiger partial charge in [-0.1, -0.05) is 23.2 Å². The summed E-state index contributed by atoms with van der Waals surface area (Å²) in [6.07, 6.45) is 3.41. The lowest BCUT2D eigenvalue weighted by atomic mass is 10.0. The summed E-state index contributed by atoms with van der Waals surface area (Å²) in [7, 11) is 0. The van der Waals surface area contributed by atoms with Crippen molar-refractivity contribution < 1.29 is 0 Å². The Morgan fingerprint density at radius 3 is 2.80 bits per heavy atom. The van der Waals surface area contributed by atoms with E-state index >= 15 is 0 Å². The van der Waals surface area contributed by atoms with Crippen LogP contribution in [0.1, 0.15) is 17.2 Å². The van der Waals surface area contributed by atoms with Gasteiger partial charge in [-0.25, -0.2) is 0 Å². The van der Waals surface area contributed by atoms with Crippen LogP contribution in [0, 0.1) is 0 Å². The molecular formula is C10H9Cl2N3. The van der Waals surface area contributed by atoms with Gasteiger partial charge < -0.3 is 5.73 Å². The summed E-state index contributed by atoms with van der Waals surface area (Å²) in [5.74, 6) is 0. The van der Waals surface area contributed by atoms with Crippen LogP contribution in [0.5, 0.6) is 0 Å². The van der Waals surface area contributed by atoms with E-state index in [1.807, 2.05) is 0 Å². The molecule has 0 aliphatic heterocycles. The van der Waals surface area contributed by atoms with Crippen molar-refractivity contribution in [3.8, 4) is 0 Å². The molecule has 78 valence electrons. The first-order valence-electron chi connectivity index (χ1n) is 4.37. The summed E-state index contributed by atoms with van der Waals surface area (Å²) in [6, 6.07) is 4.92. The van der Waals surface area contributed by atoms with Gasteiger partial charge >= 0.3 is 0 Å². The van der Waals surface area contributed by atoms with Gasteiger partial charge in [0.15, 0.2) is 0 Å².